The number of imidazole rings is 1. The number of alkyl halides is 1. The van der Waals surface area contributed by atoms with Gasteiger partial charge in [-0.15, -0.1) is 11.6 Å². The fourth-order valence-corrected chi connectivity index (χ4v) is 3.16. The van der Waals surface area contributed by atoms with E-state index in [9.17, 15) is 4.79 Å². The first-order valence-electron chi connectivity index (χ1n) is 8.60. The first kappa shape index (κ1) is 17.9. The van der Waals surface area contributed by atoms with E-state index in [1.54, 1.807) is 31.4 Å². The lowest BCUT2D eigenvalue weighted by Crippen LogP contribution is -2.19. The van der Waals surface area contributed by atoms with Crippen molar-refractivity contribution < 1.29 is 4.79 Å². The molecule has 3 aromatic heterocycles. The van der Waals surface area contributed by atoms with E-state index in [0.29, 0.717) is 39.9 Å². The maximum atomic E-state index is 12.1. The van der Waals surface area contributed by atoms with Crippen molar-refractivity contribution in [3.63, 3.8) is 0 Å². The van der Waals surface area contributed by atoms with Crippen molar-refractivity contribution in [3.8, 4) is 17.1 Å². The van der Waals surface area contributed by atoms with Crippen LogP contribution in [0.25, 0.3) is 28.2 Å². The van der Waals surface area contributed by atoms with Crippen LogP contribution in [0.3, 0.4) is 0 Å². The van der Waals surface area contributed by atoms with Gasteiger partial charge in [0.25, 0.3) is 5.91 Å². The molecule has 1 aromatic carbocycles. The highest BCUT2D eigenvalue weighted by Crippen LogP contribution is 2.30. The largest absolute Gasteiger partial charge is 0.383 e. The van der Waals surface area contributed by atoms with Gasteiger partial charge in [-0.2, -0.15) is 0 Å². The smallest absolute Gasteiger partial charge is 0.269 e. The average molecular weight is 393 g/mol. The van der Waals surface area contributed by atoms with Gasteiger partial charge in [0, 0.05) is 24.8 Å². The summed E-state index contributed by atoms with van der Waals surface area (Å²) in [6.07, 6.45) is 1.63. The monoisotopic (exact) mass is 392 g/mol. The number of carbonyl (C=O) groups is 1. The Hall–Kier alpha value is -3.45. The van der Waals surface area contributed by atoms with Crippen LogP contribution in [-0.2, 0) is 5.88 Å². The fraction of sp³-hybridized carbons (Fsp3) is 0.100. The molecule has 8 heteroatoms. The third-order valence-corrected chi connectivity index (χ3v) is 4.70. The van der Waals surface area contributed by atoms with Gasteiger partial charge in [-0.05, 0) is 42.0 Å². The summed E-state index contributed by atoms with van der Waals surface area (Å²) < 4.78 is 1.87. The Balaban J connectivity index is 2.02. The second-order valence-corrected chi connectivity index (χ2v) is 6.39. The predicted molar refractivity (Wildman–Crippen MR) is 109 cm³/mol. The topological polar surface area (TPSA) is 98.7 Å². The quantitative estimate of drug-likeness (QED) is 0.520. The Bertz CT molecular complexity index is 1170. The highest BCUT2D eigenvalue weighted by atomic mass is 35.5. The van der Waals surface area contributed by atoms with Crippen LogP contribution in [0.4, 0.5) is 5.82 Å². The minimum Gasteiger partial charge on any atom is -0.383 e. The molecule has 7 nitrogen and oxygen atoms in total. The second-order valence-electron chi connectivity index (χ2n) is 6.13. The highest BCUT2D eigenvalue weighted by Gasteiger charge is 2.19. The van der Waals surface area contributed by atoms with E-state index in [2.05, 4.69) is 15.3 Å². The number of nitrogens with one attached hydrogen (secondary N) is 1. The fourth-order valence-electron chi connectivity index (χ4n) is 2.98. The molecule has 0 spiro atoms. The third kappa shape index (κ3) is 3.05. The van der Waals surface area contributed by atoms with E-state index in [4.69, 9.17) is 22.3 Å². The summed E-state index contributed by atoms with van der Waals surface area (Å²) in [5, 5.41) is 2.59. The number of nitrogen functional groups attached to an aromatic ring is 1. The molecule has 140 valence electrons. The first-order valence-corrected chi connectivity index (χ1v) is 9.13. The molecule has 0 saturated carbocycles. The molecule has 0 radical (unpaired) electrons. The van der Waals surface area contributed by atoms with Crippen LogP contribution in [0.5, 0.6) is 0 Å². The number of anilines is 1. The van der Waals surface area contributed by atoms with Crippen molar-refractivity contribution in [1.82, 2.24) is 24.8 Å². The molecule has 4 aromatic rings. The van der Waals surface area contributed by atoms with Crippen molar-refractivity contribution in [1.29, 1.82) is 0 Å². The van der Waals surface area contributed by atoms with E-state index in [-0.39, 0.29) is 5.91 Å². The number of nitrogens with zero attached hydrogens (tertiary/aromatic N) is 4. The molecule has 0 bridgehead atoms. The lowest BCUT2D eigenvalue weighted by molar-refractivity contribution is 0.0958. The van der Waals surface area contributed by atoms with Crippen LogP contribution in [0.1, 0.15) is 16.1 Å². The Labute approximate surface area is 166 Å². The zero-order valence-corrected chi connectivity index (χ0v) is 15.8. The van der Waals surface area contributed by atoms with Gasteiger partial charge < -0.3 is 11.1 Å². The van der Waals surface area contributed by atoms with Gasteiger partial charge in [0.2, 0.25) is 0 Å². The number of nitrogens with two attached hydrogens (primary N) is 1. The van der Waals surface area contributed by atoms with Crippen LogP contribution in [-0.4, -0.2) is 32.5 Å². The normalized spacial score (nSPS) is 10.9. The van der Waals surface area contributed by atoms with Gasteiger partial charge in [0.05, 0.1) is 5.56 Å². The van der Waals surface area contributed by atoms with Crippen molar-refractivity contribution in [2.24, 2.45) is 0 Å². The van der Waals surface area contributed by atoms with E-state index >= 15 is 0 Å². The molecule has 3 N–H and O–H groups in total. The number of amides is 1. The molecule has 28 heavy (non-hydrogen) atoms. The van der Waals surface area contributed by atoms with Crippen molar-refractivity contribution >= 4 is 34.5 Å². The van der Waals surface area contributed by atoms with E-state index in [1.807, 2.05) is 34.9 Å². The number of halogens is 1. The van der Waals surface area contributed by atoms with Gasteiger partial charge in [-0.3, -0.25) is 9.36 Å². The lowest BCUT2D eigenvalue weighted by Gasteiger charge is -2.11. The first-order chi connectivity index (χ1) is 13.6. The summed E-state index contributed by atoms with van der Waals surface area (Å²) in [6.45, 7) is 0. The number of rotatable bonds is 4. The molecule has 4 rings (SSSR count). The SMILES string of the molecule is CNC(=O)c1ccc2nc(-c3cccnc3N)n(-c3ccc(CCl)cc3)c2n1. The predicted octanol–water partition coefficient (Wildman–Crippen LogP) is 3.16. The molecular weight excluding hydrogens is 376 g/mol. The average Bonchev–Trinajstić information content (AvgIpc) is 3.12. The van der Waals surface area contributed by atoms with Crippen molar-refractivity contribution in [2.75, 3.05) is 12.8 Å². The summed E-state index contributed by atoms with van der Waals surface area (Å²) in [7, 11) is 1.57. The molecule has 0 saturated heterocycles. The van der Waals surface area contributed by atoms with Gasteiger partial charge in [-0.25, -0.2) is 15.0 Å². The Kier molecular flexibility index (Phi) is 4.67. The minimum atomic E-state index is -0.269. The number of aromatic nitrogens is 4. The summed E-state index contributed by atoms with van der Waals surface area (Å²) in [4.78, 5) is 25.5. The maximum Gasteiger partial charge on any atom is 0.269 e. The number of pyridine rings is 2. The number of hydrogen-bond donors (Lipinski definition) is 2. The van der Waals surface area contributed by atoms with Gasteiger partial charge in [-0.1, -0.05) is 12.1 Å². The molecule has 0 unspecified atom stereocenters. The summed E-state index contributed by atoms with van der Waals surface area (Å²) in [5.74, 6) is 1.12. The number of benzene rings is 1. The Morgan fingerprint density at radius 1 is 1.14 bits per heavy atom. The number of carbonyl (C=O) groups excluding carboxylic acids is 1. The molecule has 0 fully saturated rings. The molecular formula is C20H17ClN6O. The summed E-state index contributed by atoms with van der Waals surface area (Å²) in [6, 6.07) is 14.8. The number of hydrogen-bond acceptors (Lipinski definition) is 5. The van der Waals surface area contributed by atoms with E-state index < -0.39 is 0 Å². The molecule has 3 heterocycles. The molecule has 0 aliphatic carbocycles. The van der Waals surface area contributed by atoms with Crippen LogP contribution in [0.15, 0.2) is 54.7 Å². The zero-order chi connectivity index (χ0) is 19.7. The maximum absolute atomic E-state index is 12.1. The number of fused-ring (bicyclic) bond motifs is 1. The van der Waals surface area contributed by atoms with Crippen LogP contribution < -0.4 is 11.1 Å². The van der Waals surface area contributed by atoms with Crippen molar-refractivity contribution in [2.45, 2.75) is 5.88 Å². The standard InChI is InChI=1S/C20H17ClN6O/c1-23-20(28)16-9-8-15-19(26-16)27(13-6-4-12(11-21)5-7-13)18(25-15)14-3-2-10-24-17(14)22/h2-10H,11H2,1H3,(H2,22,24)(H,23,28). The molecule has 0 aliphatic rings. The Morgan fingerprint density at radius 3 is 2.61 bits per heavy atom. The van der Waals surface area contributed by atoms with E-state index in [1.165, 1.54) is 0 Å². The van der Waals surface area contributed by atoms with Crippen LogP contribution in [0, 0.1) is 0 Å². The third-order valence-electron chi connectivity index (χ3n) is 4.39. The van der Waals surface area contributed by atoms with Gasteiger partial charge in [0.15, 0.2) is 11.5 Å². The summed E-state index contributed by atoms with van der Waals surface area (Å²) in [5.41, 5.74) is 10.1. The molecule has 0 aliphatic heterocycles. The van der Waals surface area contributed by atoms with Crippen LogP contribution >= 0.6 is 11.6 Å². The van der Waals surface area contributed by atoms with Gasteiger partial charge >= 0.3 is 0 Å². The van der Waals surface area contributed by atoms with Gasteiger partial charge in [0.1, 0.15) is 17.0 Å². The lowest BCUT2D eigenvalue weighted by atomic mass is 10.2. The second kappa shape index (κ2) is 7.28. The minimum absolute atomic E-state index is 0.269. The molecule has 0 atom stereocenters. The highest BCUT2D eigenvalue weighted by molar-refractivity contribution is 6.17. The zero-order valence-electron chi connectivity index (χ0n) is 15.1. The van der Waals surface area contributed by atoms with E-state index in [0.717, 1.165) is 11.3 Å². The Morgan fingerprint density at radius 2 is 1.93 bits per heavy atom. The summed E-state index contributed by atoms with van der Waals surface area (Å²) >= 11 is 5.92. The van der Waals surface area contributed by atoms with Crippen molar-refractivity contribution in [3.05, 3.63) is 66.0 Å². The van der Waals surface area contributed by atoms with Crippen LogP contribution in [0.2, 0.25) is 0 Å². The molecule has 1 amide bonds.